The van der Waals surface area contributed by atoms with Crippen molar-refractivity contribution >= 4 is 11.8 Å². The number of hydrogen-bond acceptors (Lipinski definition) is 4. The van der Waals surface area contributed by atoms with Gasteiger partial charge in [0, 0.05) is 5.25 Å². The van der Waals surface area contributed by atoms with Gasteiger partial charge in [0.05, 0.1) is 0 Å². The molecule has 1 aromatic rings. The van der Waals surface area contributed by atoms with Crippen molar-refractivity contribution < 1.29 is 13.2 Å². The van der Waals surface area contributed by atoms with Gasteiger partial charge >= 0.3 is 6.18 Å². The highest BCUT2D eigenvalue weighted by Crippen LogP contribution is 2.24. The fourth-order valence-corrected chi connectivity index (χ4v) is 1.65. The van der Waals surface area contributed by atoms with E-state index in [2.05, 4.69) is 15.5 Å². The Morgan fingerprint density at radius 1 is 1.47 bits per heavy atom. The molecule has 1 rings (SSSR count). The highest BCUT2D eigenvalue weighted by molar-refractivity contribution is 7.99. The largest absolute Gasteiger partial charge is 0.408 e. The van der Waals surface area contributed by atoms with Gasteiger partial charge in [-0.1, -0.05) is 25.6 Å². The standard InChI is InChI=1S/C7H11F3N4S/c1-3-5(2)15-6-11-12-13-14(6)4-7(8,9)10/h5H,3-4H2,1-2H3/t5-/m1/s1. The van der Waals surface area contributed by atoms with Gasteiger partial charge in [-0.2, -0.15) is 13.2 Å². The second kappa shape index (κ2) is 4.82. The van der Waals surface area contributed by atoms with Gasteiger partial charge in [-0.3, -0.25) is 0 Å². The molecule has 0 saturated carbocycles. The van der Waals surface area contributed by atoms with E-state index in [-0.39, 0.29) is 10.4 Å². The van der Waals surface area contributed by atoms with Gasteiger partial charge in [0.15, 0.2) is 0 Å². The van der Waals surface area contributed by atoms with Crippen LogP contribution in [0, 0.1) is 0 Å². The first-order valence-corrected chi connectivity index (χ1v) is 5.30. The summed E-state index contributed by atoms with van der Waals surface area (Å²) in [6.45, 7) is 2.73. The highest BCUT2D eigenvalue weighted by atomic mass is 32.2. The number of aromatic nitrogens is 4. The van der Waals surface area contributed by atoms with Crippen molar-refractivity contribution in [2.24, 2.45) is 0 Å². The number of nitrogens with zero attached hydrogens (tertiary/aromatic N) is 4. The molecular weight excluding hydrogens is 229 g/mol. The number of rotatable bonds is 4. The molecule has 0 aliphatic heterocycles. The van der Waals surface area contributed by atoms with E-state index in [1.54, 1.807) is 0 Å². The molecule has 1 heterocycles. The van der Waals surface area contributed by atoms with Crippen LogP contribution in [0.15, 0.2) is 5.16 Å². The van der Waals surface area contributed by atoms with Gasteiger partial charge in [-0.25, -0.2) is 4.68 Å². The van der Waals surface area contributed by atoms with Crippen LogP contribution >= 0.6 is 11.8 Å². The molecule has 0 bridgehead atoms. The zero-order valence-electron chi connectivity index (χ0n) is 8.32. The third-order valence-electron chi connectivity index (χ3n) is 1.71. The van der Waals surface area contributed by atoms with Crippen molar-refractivity contribution in [3.63, 3.8) is 0 Å². The zero-order valence-corrected chi connectivity index (χ0v) is 9.14. The summed E-state index contributed by atoms with van der Waals surface area (Å²) in [6, 6.07) is 0. The lowest BCUT2D eigenvalue weighted by Gasteiger charge is -2.09. The van der Waals surface area contributed by atoms with Gasteiger partial charge in [-0.05, 0) is 16.8 Å². The summed E-state index contributed by atoms with van der Waals surface area (Å²) in [5.74, 6) is 0. The molecule has 0 N–H and O–H groups in total. The van der Waals surface area contributed by atoms with Crippen molar-refractivity contribution in [1.82, 2.24) is 20.2 Å². The van der Waals surface area contributed by atoms with Crippen molar-refractivity contribution in [1.29, 1.82) is 0 Å². The highest BCUT2D eigenvalue weighted by Gasteiger charge is 2.30. The van der Waals surface area contributed by atoms with Gasteiger partial charge in [0.1, 0.15) is 6.54 Å². The zero-order chi connectivity index (χ0) is 11.5. The second-order valence-electron chi connectivity index (χ2n) is 3.07. The molecule has 8 heteroatoms. The summed E-state index contributed by atoms with van der Waals surface area (Å²) < 4.78 is 37.1. The monoisotopic (exact) mass is 240 g/mol. The van der Waals surface area contributed by atoms with E-state index in [0.717, 1.165) is 11.1 Å². The summed E-state index contributed by atoms with van der Waals surface area (Å²) in [5, 5.41) is 10.5. The predicted octanol–water partition coefficient (Wildman–Crippen LogP) is 2.13. The van der Waals surface area contributed by atoms with Crippen LogP contribution in [0.4, 0.5) is 13.2 Å². The van der Waals surface area contributed by atoms with Crippen LogP contribution in [0.25, 0.3) is 0 Å². The van der Waals surface area contributed by atoms with E-state index in [1.165, 1.54) is 11.8 Å². The molecule has 86 valence electrons. The van der Waals surface area contributed by atoms with E-state index in [1.807, 2.05) is 13.8 Å². The van der Waals surface area contributed by atoms with Gasteiger partial charge in [0.25, 0.3) is 0 Å². The van der Waals surface area contributed by atoms with Crippen LogP contribution in [0.1, 0.15) is 20.3 Å². The maximum Gasteiger partial charge on any atom is 0.408 e. The van der Waals surface area contributed by atoms with Crippen molar-refractivity contribution in [3.8, 4) is 0 Å². The van der Waals surface area contributed by atoms with Crippen molar-refractivity contribution in [2.45, 2.75) is 43.4 Å². The Hall–Kier alpha value is -0.790. The normalized spacial score (nSPS) is 14.2. The first-order valence-electron chi connectivity index (χ1n) is 4.42. The summed E-state index contributed by atoms with van der Waals surface area (Å²) in [5.41, 5.74) is 0. The smallest absolute Gasteiger partial charge is 0.211 e. The van der Waals surface area contributed by atoms with E-state index in [0.29, 0.717) is 0 Å². The Balaban J connectivity index is 2.69. The van der Waals surface area contributed by atoms with E-state index >= 15 is 0 Å². The van der Waals surface area contributed by atoms with Crippen LogP contribution in [0.2, 0.25) is 0 Å². The molecular formula is C7H11F3N4S. The van der Waals surface area contributed by atoms with Crippen LogP contribution < -0.4 is 0 Å². The summed E-state index contributed by atoms with van der Waals surface area (Å²) in [4.78, 5) is 0. The Morgan fingerprint density at radius 3 is 2.67 bits per heavy atom. The van der Waals surface area contributed by atoms with Crippen LogP contribution in [-0.4, -0.2) is 31.6 Å². The average molecular weight is 240 g/mol. The van der Waals surface area contributed by atoms with Gasteiger partial charge in [0.2, 0.25) is 5.16 Å². The maximum absolute atomic E-state index is 12.1. The number of halogens is 3. The average Bonchev–Trinajstić information content (AvgIpc) is 2.50. The lowest BCUT2D eigenvalue weighted by Crippen LogP contribution is -2.19. The SMILES string of the molecule is CC[C@@H](C)Sc1nnnn1CC(F)(F)F. The minimum atomic E-state index is -4.29. The molecule has 0 spiro atoms. The summed E-state index contributed by atoms with van der Waals surface area (Å²) in [7, 11) is 0. The van der Waals surface area contributed by atoms with E-state index < -0.39 is 12.7 Å². The third kappa shape index (κ3) is 4.06. The Morgan fingerprint density at radius 2 is 2.13 bits per heavy atom. The van der Waals surface area contributed by atoms with Gasteiger partial charge < -0.3 is 0 Å². The van der Waals surface area contributed by atoms with Crippen LogP contribution in [0.5, 0.6) is 0 Å². The minimum Gasteiger partial charge on any atom is -0.211 e. The first kappa shape index (κ1) is 12.3. The minimum absolute atomic E-state index is 0.197. The Kier molecular flexibility index (Phi) is 3.95. The fraction of sp³-hybridized carbons (Fsp3) is 0.857. The van der Waals surface area contributed by atoms with E-state index in [9.17, 15) is 13.2 Å². The molecule has 0 radical (unpaired) electrons. The maximum atomic E-state index is 12.1. The number of alkyl halides is 3. The Bertz CT molecular complexity index is 311. The molecule has 4 nitrogen and oxygen atoms in total. The molecule has 0 aliphatic rings. The quantitative estimate of drug-likeness (QED) is 0.756. The topological polar surface area (TPSA) is 43.6 Å². The molecule has 0 aromatic carbocycles. The van der Waals surface area contributed by atoms with Crippen molar-refractivity contribution in [3.05, 3.63) is 0 Å². The molecule has 0 amide bonds. The predicted molar refractivity (Wildman–Crippen MR) is 49.5 cm³/mol. The van der Waals surface area contributed by atoms with Crippen LogP contribution in [-0.2, 0) is 6.54 Å². The summed E-state index contributed by atoms with van der Waals surface area (Å²) in [6.07, 6.45) is -3.44. The molecule has 0 fully saturated rings. The lowest BCUT2D eigenvalue weighted by atomic mass is 10.4. The molecule has 0 unspecified atom stereocenters. The first-order chi connectivity index (χ1) is 6.92. The second-order valence-corrected chi connectivity index (χ2v) is 4.48. The molecule has 0 aliphatic carbocycles. The molecule has 1 aromatic heterocycles. The number of thioether (sulfide) groups is 1. The van der Waals surface area contributed by atoms with E-state index in [4.69, 9.17) is 0 Å². The molecule has 1 atom stereocenters. The van der Waals surface area contributed by atoms with Crippen LogP contribution in [0.3, 0.4) is 0 Å². The summed E-state index contributed by atoms with van der Waals surface area (Å²) >= 11 is 1.24. The number of tetrazole rings is 1. The molecule has 0 saturated heterocycles. The molecule has 15 heavy (non-hydrogen) atoms. The van der Waals surface area contributed by atoms with Gasteiger partial charge in [-0.15, -0.1) is 5.10 Å². The lowest BCUT2D eigenvalue weighted by molar-refractivity contribution is -0.144. The fourth-order valence-electron chi connectivity index (χ4n) is 0.813. The Labute approximate surface area is 89.2 Å². The van der Waals surface area contributed by atoms with Crippen molar-refractivity contribution in [2.75, 3.05) is 0 Å². The number of hydrogen-bond donors (Lipinski definition) is 0. The third-order valence-corrected chi connectivity index (χ3v) is 2.95.